The Labute approximate surface area is 121 Å². The molecule has 0 aromatic rings. The number of hydrogen-bond acceptors (Lipinski definition) is 4. The molecular weight excluding hydrogens is 264 g/mol. The standard InChI is InChI=1S/C13H26N2O3S/c1-4-6-11(12(14)19)13(16)15(8-10-18-3)7-5-9-17-2/h11H,4-10H2,1-3H3,(H2,14,19). The number of hydrogen-bond donors (Lipinski definition) is 1. The molecule has 0 aromatic heterocycles. The molecule has 0 radical (unpaired) electrons. The van der Waals surface area contributed by atoms with E-state index in [4.69, 9.17) is 27.4 Å². The van der Waals surface area contributed by atoms with Crippen LogP contribution in [0.5, 0.6) is 0 Å². The van der Waals surface area contributed by atoms with Crippen molar-refractivity contribution in [2.24, 2.45) is 11.7 Å². The summed E-state index contributed by atoms with van der Waals surface area (Å²) in [7, 11) is 3.27. The Morgan fingerprint density at radius 3 is 2.37 bits per heavy atom. The molecule has 0 aliphatic rings. The molecule has 0 aliphatic heterocycles. The van der Waals surface area contributed by atoms with E-state index in [1.54, 1.807) is 19.1 Å². The molecular formula is C13H26N2O3S. The third-order valence-corrected chi connectivity index (χ3v) is 3.16. The van der Waals surface area contributed by atoms with E-state index >= 15 is 0 Å². The first-order valence-corrected chi connectivity index (χ1v) is 7.05. The van der Waals surface area contributed by atoms with Crippen LogP contribution in [0.15, 0.2) is 0 Å². The Hall–Kier alpha value is -0.720. The molecule has 0 heterocycles. The summed E-state index contributed by atoms with van der Waals surface area (Å²) < 4.78 is 10.1. The van der Waals surface area contributed by atoms with Crippen LogP contribution in [0.1, 0.15) is 26.2 Å². The van der Waals surface area contributed by atoms with Gasteiger partial charge in [-0.05, 0) is 12.8 Å². The first-order valence-electron chi connectivity index (χ1n) is 6.64. The van der Waals surface area contributed by atoms with Crippen molar-refractivity contribution in [1.82, 2.24) is 4.90 Å². The normalized spacial score (nSPS) is 12.2. The third kappa shape index (κ3) is 7.44. The number of rotatable bonds is 11. The summed E-state index contributed by atoms with van der Waals surface area (Å²) in [4.78, 5) is 14.5. The lowest BCUT2D eigenvalue weighted by Crippen LogP contribution is -2.43. The van der Waals surface area contributed by atoms with E-state index in [9.17, 15) is 4.79 Å². The van der Waals surface area contributed by atoms with Crippen LogP contribution in [0, 0.1) is 5.92 Å². The largest absolute Gasteiger partial charge is 0.393 e. The van der Waals surface area contributed by atoms with Gasteiger partial charge in [0.2, 0.25) is 5.91 Å². The van der Waals surface area contributed by atoms with Crippen molar-refractivity contribution in [3.05, 3.63) is 0 Å². The van der Waals surface area contributed by atoms with Gasteiger partial charge in [0.05, 0.1) is 17.5 Å². The average molecular weight is 290 g/mol. The Morgan fingerprint density at radius 2 is 1.89 bits per heavy atom. The first-order chi connectivity index (χ1) is 9.08. The molecule has 0 rings (SSSR count). The summed E-state index contributed by atoms with van der Waals surface area (Å²) in [6.45, 7) is 4.35. The number of carbonyl (C=O) groups excluding carboxylic acids is 1. The molecule has 112 valence electrons. The second-order valence-corrected chi connectivity index (χ2v) is 4.88. The van der Waals surface area contributed by atoms with Crippen LogP contribution in [-0.4, -0.2) is 56.3 Å². The van der Waals surface area contributed by atoms with E-state index in [0.717, 1.165) is 12.8 Å². The van der Waals surface area contributed by atoms with Crippen LogP contribution >= 0.6 is 12.2 Å². The topological polar surface area (TPSA) is 64.8 Å². The van der Waals surface area contributed by atoms with Gasteiger partial charge in [-0.2, -0.15) is 0 Å². The van der Waals surface area contributed by atoms with Gasteiger partial charge in [-0.1, -0.05) is 25.6 Å². The van der Waals surface area contributed by atoms with Gasteiger partial charge in [-0.15, -0.1) is 0 Å². The van der Waals surface area contributed by atoms with Gasteiger partial charge in [0.1, 0.15) is 0 Å². The zero-order chi connectivity index (χ0) is 14.7. The number of ether oxygens (including phenoxy) is 2. The van der Waals surface area contributed by atoms with Crippen molar-refractivity contribution in [2.45, 2.75) is 26.2 Å². The maximum absolute atomic E-state index is 12.4. The van der Waals surface area contributed by atoms with Crippen LogP contribution in [0.3, 0.4) is 0 Å². The highest BCUT2D eigenvalue weighted by Crippen LogP contribution is 2.12. The summed E-state index contributed by atoms with van der Waals surface area (Å²) in [5.74, 6) is -0.359. The number of carbonyl (C=O) groups is 1. The molecule has 6 heteroatoms. The maximum Gasteiger partial charge on any atom is 0.232 e. The summed E-state index contributed by atoms with van der Waals surface area (Å²) in [5.41, 5.74) is 5.67. The third-order valence-electron chi connectivity index (χ3n) is 2.87. The van der Waals surface area contributed by atoms with Gasteiger partial charge in [0.25, 0.3) is 0 Å². The molecule has 0 spiro atoms. The number of nitrogens with two attached hydrogens (primary N) is 1. The fourth-order valence-electron chi connectivity index (χ4n) is 1.83. The molecule has 0 saturated carbocycles. The molecule has 1 atom stereocenters. The van der Waals surface area contributed by atoms with Gasteiger partial charge in [0, 0.05) is 33.9 Å². The zero-order valence-electron chi connectivity index (χ0n) is 12.2. The molecule has 2 N–H and O–H groups in total. The summed E-state index contributed by atoms with van der Waals surface area (Å²) in [6, 6.07) is 0. The lowest BCUT2D eigenvalue weighted by molar-refractivity contribution is -0.134. The van der Waals surface area contributed by atoms with Gasteiger partial charge < -0.3 is 20.1 Å². The maximum atomic E-state index is 12.4. The van der Waals surface area contributed by atoms with Crippen molar-refractivity contribution in [3.63, 3.8) is 0 Å². The number of thiocarbonyl (C=S) groups is 1. The molecule has 0 saturated heterocycles. The van der Waals surface area contributed by atoms with E-state index in [2.05, 4.69) is 0 Å². The Kier molecular flexibility index (Phi) is 10.7. The Balaban J connectivity index is 4.59. The number of nitrogens with zero attached hydrogens (tertiary/aromatic N) is 1. The molecule has 5 nitrogen and oxygen atoms in total. The lowest BCUT2D eigenvalue weighted by atomic mass is 10.0. The average Bonchev–Trinajstić information content (AvgIpc) is 2.39. The van der Waals surface area contributed by atoms with E-state index in [1.807, 2.05) is 6.92 Å². The monoisotopic (exact) mass is 290 g/mol. The second-order valence-electron chi connectivity index (χ2n) is 4.41. The molecule has 0 aliphatic carbocycles. The minimum absolute atomic E-state index is 0.00232. The molecule has 0 aromatic carbocycles. The van der Waals surface area contributed by atoms with Crippen LogP contribution < -0.4 is 5.73 Å². The van der Waals surface area contributed by atoms with E-state index in [1.165, 1.54) is 0 Å². The van der Waals surface area contributed by atoms with Crippen molar-refractivity contribution in [1.29, 1.82) is 0 Å². The SMILES string of the molecule is CCCC(C(=O)N(CCCOC)CCOC)C(N)=S. The highest BCUT2D eigenvalue weighted by molar-refractivity contribution is 7.80. The van der Waals surface area contributed by atoms with E-state index < -0.39 is 0 Å². The highest BCUT2D eigenvalue weighted by Gasteiger charge is 2.25. The van der Waals surface area contributed by atoms with Gasteiger partial charge in [0.15, 0.2) is 0 Å². The predicted molar refractivity (Wildman–Crippen MR) is 80.1 cm³/mol. The van der Waals surface area contributed by atoms with E-state index in [0.29, 0.717) is 32.7 Å². The van der Waals surface area contributed by atoms with Crippen LogP contribution in [0.2, 0.25) is 0 Å². The summed E-state index contributed by atoms with van der Waals surface area (Å²) in [5, 5.41) is 0. The minimum atomic E-state index is -0.362. The zero-order valence-corrected chi connectivity index (χ0v) is 13.0. The Morgan fingerprint density at radius 1 is 1.26 bits per heavy atom. The quantitative estimate of drug-likeness (QED) is 0.457. The van der Waals surface area contributed by atoms with Crippen molar-refractivity contribution >= 4 is 23.1 Å². The van der Waals surface area contributed by atoms with Gasteiger partial charge in [-0.25, -0.2) is 0 Å². The van der Waals surface area contributed by atoms with Crippen LogP contribution in [0.25, 0.3) is 0 Å². The molecule has 19 heavy (non-hydrogen) atoms. The molecule has 1 amide bonds. The highest BCUT2D eigenvalue weighted by atomic mass is 32.1. The second kappa shape index (κ2) is 11.1. The fraction of sp³-hybridized carbons (Fsp3) is 0.846. The van der Waals surface area contributed by atoms with Crippen LogP contribution in [0.4, 0.5) is 0 Å². The van der Waals surface area contributed by atoms with Crippen molar-refractivity contribution < 1.29 is 14.3 Å². The summed E-state index contributed by atoms with van der Waals surface area (Å²) >= 11 is 5.00. The smallest absolute Gasteiger partial charge is 0.232 e. The lowest BCUT2D eigenvalue weighted by Gasteiger charge is -2.26. The fourth-order valence-corrected chi connectivity index (χ4v) is 2.05. The number of amides is 1. The van der Waals surface area contributed by atoms with Crippen LogP contribution in [-0.2, 0) is 14.3 Å². The van der Waals surface area contributed by atoms with Crippen molar-refractivity contribution in [3.8, 4) is 0 Å². The first kappa shape index (κ1) is 18.3. The predicted octanol–water partition coefficient (Wildman–Crippen LogP) is 1.20. The van der Waals surface area contributed by atoms with Gasteiger partial charge in [-0.3, -0.25) is 4.79 Å². The number of methoxy groups -OCH3 is 2. The molecule has 0 fully saturated rings. The molecule has 0 bridgehead atoms. The van der Waals surface area contributed by atoms with Gasteiger partial charge >= 0.3 is 0 Å². The minimum Gasteiger partial charge on any atom is -0.393 e. The Bertz CT molecular complexity index is 275. The van der Waals surface area contributed by atoms with E-state index in [-0.39, 0.29) is 16.8 Å². The summed E-state index contributed by atoms with van der Waals surface area (Å²) in [6.07, 6.45) is 2.37. The molecule has 1 unspecified atom stereocenters. The van der Waals surface area contributed by atoms with Crippen molar-refractivity contribution in [2.75, 3.05) is 40.5 Å².